The molecule has 0 aliphatic carbocycles. The summed E-state index contributed by atoms with van der Waals surface area (Å²) in [5.74, 6) is 1.55. The van der Waals surface area contributed by atoms with Crippen LogP contribution in [0.2, 0.25) is 0 Å². The van der Waals surface area contributed by atoms with Crippen molar-refractivity contribution < 1.29 is 4.52 Å². The molecule has 2 aromatic rings. The second-order valence-corrected chi connectivity index (χ2v) is 5.26. The number of nitrogens with zero attached hydrogens (tertiary/aromatic N) is 1. The molecule has 1 aromatic carbocycles. The lowest BCUT2D eigenvalue weighted by atomic mass is 10.0. The highest BCUT2D eigenvalue weighted by Gasteiger charge is 2.10. The van der Waals surface area contributed by atoms with Crippen molar-refractivity contribution in [2.75, 3.05) is 6.54 Å². The molecule has 0 radical (unpaired) electrons. The molecule has 0 atom stereocenters. The third-order valence-electron chi connectivity index (χ3n) is 3.07. The van der Waals surface area contributed by atoms with Crippen LogP contribution >= 0.6 is 0 Å². The Hall–Kier alpha value is -1.61. The molecule has 3 heteroatoms. The Morgan fingerprint density at radius 3 is 2.58 bits per heavy atom. The van der Waals surface area contributed by atoms with Gasteiger partial charge in [-0.05, 0) is 24.4 Å². The molecule has 0 saturated carbocycles. The standard InChI is InChI=1S/C16H22N2O/c1-4-17-10-15-11-18-19-16(15)14-7-5-13(6-8-14)9-12(2)3/h5-8,11-12,17H,4,9-10H2,1-3H3. The molecule has 0 amide bonds. The minimum Gasteiger partial charge on any atom is -0.356 e. The van der Waals surface area contributed by atoms with Crippen molar-refractivity contribution in [1.82, 2.24) is 10.5 Å². The molecule has 0 bridgehead atoms. The predicted molar refractivity (Wildman–Crippen MR) is 77.9 cm³/mol. The number of rotatable bonds is 6. The van der Waals surface area contributed by atoms with E-state index in [9.17, 15) is 0 Å². The average Bonchev–Trinajstić information content (AvgIpc) is 2.85. The summed E-state index contributed by atoms with van der Waals surface area (Å²) < 4.78 is 5.38. The Morgan fingerprint density at radius 2 is 1.95 bits per heavy atom. The summed E-state index contributed by atoms with van der Waals surface area (Å²) in [6.45, 7) is 8.30. The van der Waals surface area contributed by atoms with E-state index in [2.05, 4.69) is 55.5 Å². The molecule has 1 aromatic heterocycles. The quantitative estimate of drug-likeness (QED) is 0.859. The van der Waals surface area contributed by atoms with Gasteiger partial charge in [-0.2, -0.15) is 0 Å². The Bertz CT molecular complexity index is 500. The molecule has 3 nitrogen and oxygen atoms in total. The highest BCUT2D eigenvalue weighted by molar-refractivity contribution is 5.61. The molecule has 0 aliphatic heterocycles. The summed E-state index contributed by atoms with van der Waals surface area (Å²) in [6.07, 6.45) is 2.90. The van der Waals surface area contributed by atoms with Crippen LogP contribution < -0.4 is 5.32 Å². The van der Waals surface area contributed by atoms with Gasteiger partial charge in [0.25, 0.3) is 0 Å². The summed E-state index contributed by atoms with van der Waals surface area (Å²) in [7, 11) is 0. The molecule has 0 unspecified atom stereocenters. The molecule has 19 heavy (non-hydrogen) atoms. The van der Waals surface area contributed by atoms with Crippen LogP contribution in [-0.4, -0.2) is 11.7 Å². The van der Waals surface area contributed by atoms with Crippen molar-refractivity contribution in [2.24, 2.45) is 5.92 Å². The van der Waals surface area contributed by atoms with E-state index >= 15 is 0 Å². The lowest BCUT2D eigenvalue weighted by molar-refractivity contribution is 0.431. The minimum absolute atomic E-state index is 0.681. The van der Waals surface area contributed by atoms with Crippen LogP contribution in [0.25, 0.3) is 11.3 Å². The van der Waals surface area contributed by atoms with Crippen LogP contribution in [0.5, 0.6) is 0 Å². The summed E-state index contributed by atoms with van der Waals surface area (Å²) in [6, 6.07) is 8.59. The van der Waals surface area contributed by atoms with Crippen molar-refractivity contribution in [1.29, 1.82) is 0 Å². The molecule has 0 fully saturated rings. The van der Waals surface area contributed by atoms with Crippen LogP contribution in [0.1, 0.15) is 31.9 Å². The van der Waals surface area contributed by atoms with E-state index in [4.69, 9.17) is 4.52 Å². The molecule has 102 valence electrons. The van der Waals surface area contributed by atoms with Gasteiger partial charge < -0.3 is 9.84 Å². The second-order valence-electron chi connectivity index (χ2n) is 5.26. The number of benzene rings is 1. The monoisotopic (exact) mass is 258 g/mol. The lowest BCUT2D eigenvalue weighted by Crippen LogP contribution is -2.11. The Labute approximate surface area is 115 Å². The minimum atomic E-state index is 0.681. The van der Waals surface area contributed by atoms with Gasteiger partial charge in [0.1, 0.15) is 0 Å². The predicted octanol–water partition coefficient (Wildman–Crippen LogP) is 3.65. The van der Waals surface area contributed by atoms with Crippen LogP contribution in [0.4, 0.5) is 0 Å². The summed E-state index contributed by atoms with van der Waals surface area (Å²) in [5.41, 5.74) is 3.57. The van der Waals surface area contributed by atoms with E-state index in [1.807, 2.05) is 0 Å². The Morgan fingerprint density at radius 1 is 1.21 bits per heavy atom. The van der Waals surface area contributed by atoms with E-state index in [1.165, 1.54) is 5.56 Å². The number of aromatic nitrogens is 1. The average molecular weight is 258 g/mol. The normalized spacial score (nSPS) is 11.2. The van der Waals surface area contributed by atoms with Crippen molar-refractivity contribution in [2.45, 2.75) is 33.7 Å². The van der Waals surface area contributed by atoms with Gasteiger partial charge in [-0.3, -0.25) is 0 Å². The first-order chi connectivity index (χ1) is 9.20. The summed E-state index contributed by atoms with van der Waals surface area (Å²) in [4.78, 5) is 0. The van der Waals surface area contributed by atoms with E-state index in [1.54, 1.807) is 6.20 Å². The van der Waals surface area contributed by atoms with Crippen molar-refractivity contribution in [3.63, 3.8) is 0 Å². The smallest absolute Gasteiger partial charge is 0.171 e. The fourth-order valence-electron chi connectivity index (χ4n) is 2.15. The molecule has 2 rings (SSSR count). The van der Waals surface area contributed by atoms with Gasteiger partial charge in [-0.1, -0.05) is 50.2 Å². The number of nitrogens with one attached hydrogen (secondary N) is 1. The van der Waals surface area contributed by atoms with Crippen molar-refractivity contribution in [3.05, 3.63) is 41.6 Å². The maximum Gasteiger partial charge on any atom is 0.171 e. The van der Waals surface area contributed by atoms with Crippen LogP contribution in [0.3, 0.4) is 0 Å². The number of hydrogen-bond acceptors (Lipinski definition) is 3. The highest BCUT2D eigenvalue weighted by atomic mass is 16.5. The van der Waals surface area contributed by atoms with Crippen molar-refractivity contribution >= 4 is 0 Å². The zero-order valence-corrected chi connectivity index (χ0v) is 11.9. The van der Waals surface area contributed by atoms with Gasteiger partial charge in [0.15, 0.2) is 5.76 Å². The van der Waals surface area contributed by atoms with Crippen molar-refractivity contribution in [3.8, 4) is 11.3 Å². The van der Waals surface area contributed by atoms with E-state index < -0.39 is 0 Å². The fourth-order valence-corrected chi connectivity index (χ4v) is 2.15. The molecule has 0 aliphatic rings. The first kappa shape index (κ1) is 13.8. The highest BCUT2D eigenvalue weighted by Crippen LogP contribution is 2.24. The van der Waals surface area contributed by atoms with Crippen LogP contribution in [-0.2, 0) is 13.0 Å². The van der Waals surface area contributed by atoms with E-state index in [0.717, 1.165) is 36.4 Å². The van der Waals surface area contributed by atoms with E-state index in [0.29, 0.717) is 5.92 Å². The molecule has 1 heterocycles. The summed E-state index contributed by atoms with van der Waals surface area (Å²) >= 11 is 0. The van der Waals surface area contributed by atoms with Crippen LogP contribution in [0.15, 0.2) is 35.0 Å². The topological polar surface area (TPSA) is 38.1 Å². The number of hydrogen-bond donors (Lipinski definition) is 1. The van der Waals surface area contributed by atoms with E-state index in [-0.39, 0.29) is 0 Å². The second kappa shape index (κ2) is 6.53. The van der Waals surface area contributed by atoms with Gasteiger partial charge >= 0.3 is 0 Å². The Kier molecular flexibility index (Phi) is 4.74. The van der Waals surface area contributed by atoms with Gasteiger partial charge in [-0.25, -0.2) is 0 Å². The molecule has 1 N–H and O–H groups in total. The SMILES string of the molecule is CCNCc1cnoc1-c1ccc(CC(C)C)cc1. The van der Waals surface area contributed by atoms with Gasteiger partial charge in [0.2, 0.25) is 0 Å². The Balaban J connectivity index is 2.15. The first-order valence-electron chi connectivity index (χ1n) is 6.94. The lowest BCUT2D eigenvalue weighted by Gasteiger charge is -2.06. The third kappa shape index (κ3) is 3.67. The van der Waals surface area contributed by atoms with Crippen LogP contribution in [0, 0.1) is 5.92 Å². The maximum absolute atomic E-state index is 5.38. The molecular weight excluding hydrogens is 236 g/mol. The molecule has 0 spiro atoms. The fraction of sp³-hybridized carbons (Fsp3) is 0.438. The summed E-state index contributed by atoms with van der Waals surface area (Å²) in [5, 5.41) is 7.21. The zero-order valence-electron chi connectivity index (χ0n) is 11.9. The van der Waals surface area contributed by atoms with Gasteiger partial charge in [0, 0.05) is 17.7 Å². The maximum atomic E-state index is 5.38. The van der Waals surface area contributed by atoms with Gasteiger partial charge in [-0.15, -0.1) is 0 Å². The zero-order chi connectivity index (χ0) is 13.7. The third-order valence-corrected chi connectivity index (χ3v) is 3.07. The molecular formula is C16H22N2O. The first-order valence-corrected chi connectivity index (χ1v) is 6.94. The largest absolute Gasteiger partial charge is 0.356 e. The van der Waals surface area contributed by atoms with Gasteiger partial charge in [0.05, 0.1) is 6.20 Å². The molecule has 0 saturated heterocycles.